The van der Waals surface area contributed by atoms with Gasteiger partial charge in [-0.15, -0.1) is 0 Å². The van der Waals surface area contributed by atoms with Crippen LogP contribution in [0.3, 0.4) is 0 Å². The van der Waals surface area contributed by atoms with Crippen LogP contribution in [-0.2, 0) is 34.4 Å². The lowest BCUT2D eigenvalue weighted by Gasteiger charge is -2.05. The van der Waals surface area contributed by atoms with Gasteiger partial charge in [-0.25, -0.2) is 9.78 Å². The van der Waals surface area contributed by atoms with E-state index < -0.39 is 12.3 Å². The first kappa shape index (κ1) is 17.6. The lowest BCUT2D eigenvalue weighted by molar-refractivity contribution is -0.495. The molecule has 0 aromatic carbocycles. The second-order valence-corrected chi connectivity index (χ2v) is 4.26. The SMILES string of the molecule is CC(C)COOOC(=O)OC(=O)OOOCC(C)C. The molecule has 19 heavy (non-hydrogen) atoms. The zero-order chi connectivity index (χ0) is 14.7. The van der Waals surface area contributed by atoms with E-state index in [0.29, 0.717) is 0 Å². The molecule has 0 spiro atoms. The summed E-state index contributed by atoms with van der Waals surface area (Å²) in [4.78, 5) is 38.3. The summed E-state index contributed by atoms with van der Waals surface area (Å²) in [7, 11) is 0. The third-order valence-electron chi connectivity index (χ3n) is 1.27. The highest BCUT2D eigenvalue weighted by molar-refractivity contribution is 5.76. The molecule has 0 aliphatic carbocycles. The van der Waals surface area contributed by atoms with Crippen LogP contribution in [0.1, 0.15) is 27.7 Å². The summed E-state index contributed by atoms with van der Waals surface area (Å²) in [6.07, 6.45) is -2.94. The summed E-state index contributed by atoms with van der Waals surface area (Å²) in [6.45, 7) is 7.82. The minimum Gasteiger partial charge on any atom is -0.323 e. The molecule has 0 N–H and O–H groups in total. The molecule has 0 unspecified atom stereocenters. The van der Waals surface area contributed by atoms with Crippen molar-refractivity contribution in [2.75, 3.05) is 13.2 Å². The van der Waals surface area contributed by atoms with Gasteiger partial charge in [0.1, 0.15) is 0 Å². The molecule has 9 nitrogen and oxygen atoms in total. The Morgan fingerprint density at radius 3 is 1.47 bits per heavy atom. The van der Waals surface area contributed by atoms with Crippen molar-refractivity contribution in [2.24, 2.45) is 11.8 Å². The number of rotatable bonds is 8. The van der Waals surface area contributed by atoms with Crippen LogP contribution in [0.2, 0.25) is 0 Å². The molecule has 0 amide bonds. The molecule has 9 heteroatoms. The molecule has 0 bridgehead atoms. The Kier molecular flexibility index (Phi) is 9.71. The Morgan fingerprint density at radius 2 is 1.16 bits per heavy atom. The smallest absolute Gasteiger partial charge is 0.323 e. The first-order chi connectivity index (χ1) is 8.91. The summed E-state index contributed by atoms with van der Waals surface area (Å²) < 4.78 is 3.93. The average molecular weight is 282 g/mol. The van der Waals surface area contributed by atoms with Crippen LogP contribution in [0.25, 0.3) is 0 Å². The quantitative estimate of drug-likeness (QED) is 0.218. The molecule has 0 aliphatic heterocycles. The van der Waals surface area contributed by atoms with Gasteiger partial charge in [-0.2, -0.15) is 19.4 Å². The van der Waals surface area contributed by atoms with Crippen LogP contribution in [0, 0.1) is 11.8 Å². The topological polar surface area (TPSA) is 98.8 Å². The molecule has 0 atom stereocenters. The van der Waals surface area contributed by atoms with Crippen molar-refractivity contribution >= 4 is 12.3 Å². The van der Waals surface area contributed by atoms with Gasteiger partial charge in [-0.3, -0.25) is 0 Å². The highest BCUT2D eigenvalue weighted by Crippen LogP contribution is 1.98. The Balaban J connectivity index is 3.50. The van der Waals surface area contributed by atoms with E-state index in [2.05, 4.69) is 34.4 Å². The molecule has 0 saturated heterocycles. The largest absolute Gasteiger partial charge is 0.553 e. The third-order valence-corrected chi connectivity index (χ3v) is 1.27. The number of ether oxygens (including phenoxy) is 1. The van der Waals surface area contributed by atoms with E-state index >= 15 is 0 Å². The van der Waals surface area contributed by atoms with Crippen molar-refractivity contribution in [3.63, 3.8) is 0 Å². The van der Waals surface area contributed by atoms with E-state index in [9.17, 15) is 9.59 Å². The van der Waals surface area contributed by atoms with Crippen molar-refractivity contribution in [3.8, 4) is 0 Å². The molecule has 0 aromatic rings. The van der Waals surface area contributed by atoms with Crippen molar-refractivity contribution < 1.29 is 44.0 Å². The Morgan fingerprint density at radius 1 is 0.789 bits per heavy atom. The molecule has 0 rings (SSSR count). The average Bonchev–Trinajstić information content (AvgIpc) is 2.30. The summed E-state index contributed by atoms with van der Waals surface area (Å²) in [5, 5.41) is 8.02. The highest BCUT2D eigenvalue weighted by atomic mass is 17.5. The Labute approximate surface area is 110 Å². The van der Waals surface area contributed by atoms with Gasteiger partial charge >= 0.3 is 12.3 Å². The summed E-state index contributed by atoms with van der Waals surface area (Å²) >= 11 is 0. The number of carbonyl (C=O) groups excluding carboxylic acids is 2. The van der Waals surface area contributed by atoms with E-state index in [-0.39, 0.29) is 25.0 Å². The Hall–Kier alpha value is -1.42. The fraction of sp³-hybridized carbons (Fsp3) is 0.800. The molecule has 0 saturated carbocycles. The van der Waals surface area contributed by atoms with E-state index in [0.717, 1.165) is 0 Å². The van der Waals surface area contributed by atoms with Crippen LogP contribution in [0.4, 0.5) is 9.59 Å². The third kappa shape index (κ3) is 12.8. The maximum absolute atomic E-state index is 10.8. The molecular formula is C10H18O9. The predicted octanol–water partition coefficient (Wildman–Crippen LogP) is 2.31. The van der Waals surface area contributed by atoms with Gasteiger partial charge in [0, 0.05) is 0 Å². The van der Waals surface area contributed by atoms with Gasteiger partial charge in [-0.1, -0.05) is 27.7 Å². The molecule has 0 aromatic heterocycles. The lowest BCUT2D eigenvalue weighted by Crippen LogP contribution is -2.17. The predicted molar refractivity (Wildman–Crippen MR) is 57.8 cm³/mol. The van der Waals surface area contributed by atoms with Crippen LogP contribution >= 0.6 is 0 Å². The monoisotopic (exact) mass is 282 g/mol. The molecule has 0 heterocycles. The van der Waals surface area contributed by atoms with Gasteiger partial charge in [0.15, 0.2) is 0 Å². The fourth-order valence-corrected chi connectivity index (χ4v) is 0.533. The van der Waals surface area contributed by atoms with Gasteiger partial charge in [0.25, 0.3) is 0 Å². The van der Waals surface area contributed by atoms with Crippen molar-refractivity contribution in [3.05, 3.63) is 0 Å². The maximum Gasteiger partial charge on any atom is 0.553 e. The van der Waals surface area contributed by atoms with Crippen molar-refractivity contribution in [1.82, 2.24) is 0 Å². The van der Waals surface area contributed by atoms with Crippen LogP contribution in [0.5, 0.6) is 0 Å². The standard InChI is InChI=1S/C10H18O9/c1-7(2)5-13-18-16-9(11)15-10(12)17-19-14-6-8(3)4/h7-8H,5-6H2,1-4H3. The second-order valence-electron chi connectivity index (χ2n) is 4.26. The first-order valence-corrected chi connectivity index (χ1v) is 5.59. The van der Waals surface area contributed by atoms with Gasteiger partial charge in [-0.05, 0) is 21.9 Å². The van der Waals surface area contributed by atoms with Crippen LogP contribution < -0.4 is 0 Å². The molecule has 0 aliphatic rings. The maximum atomic E-state index is 10.8. The first-order valence-electron chi connectivity index (χ1n) is 5.59. The molecule has 0 radical (unpaired) electrons. The molecular weight excluding hydrogens is 264 g/mol. The fourth-order valence-electron chi connectivity index (χ4n) is 0.533. The summed E-state index contributed by atoms with van der Waals surface area (Å²) in [6, 6.07) is 0. The van der Waals surface area contributed by atoms with E-state index in [1.807, 2.05) is 27.7 Å². The highest BCUT2D eigenvalue weighted by Gasteiger charge is 2.16. The Bertz CT molecular complexity index is 238. The number of hydrogen-bond acceptors (Lipinski definition) is 9. The van der Waals surface area contributed by atoms with Crippen LogP contribution in [-0.4, -0.2) is 25.5 Å². The van der Waals surface area contributed by atoms with Gasteiger partial charge in [0.2, 0.25) is 0 Å². The van der Waals surface area contributed by atoms with Gasteiger partial charge in [0.05, 0.1) is 13.2 Å². The minimum atomic E-state index is -1.47. The van der Waals surface area contributed by atoms with Crippen LogP contribution in [0.15, 0.2) is 0 Å². The summed E-state index contributed by atoms with van der Waals surface area (Å²) in [5.74, 6) is 0.354. The second kappa shape index (κ2) is 10.5. The van der Waals surface area contributed by atoms with E-state index in [1.165, 1.54) is 0 Å². The zero-order valence-electron chi connectivity index (χ0n) is 11.2. The van der Waals surface area contributed by atoms with Crippen molar-refractivity contribution in [2.45, 2.75) is 27.7 Å². The normalized spacial score (nSPS) is 10.6. The van der Waals surface area contributed by atoms with Crippen molar-refractivity contribution in [1.29, 1.82) is 0 Å². The van der Waals surface area contributed by atoms with E-state index in [1.54, 1.807) is 0 Å². The molecule has 112 valence electrons. The zero-order valence-corrected chi connectivity index (χ0v) is 11.2. The lowest BCUT2D eigenvalue weighted by atomic mass is 10.2. The summed E-state index contributed by atoms with van der Waals surface area (Å²) in [5.41, 5.74) is 0. The minimum absolute atomic E-state index is 0.177. The number of carbonyl (C=O) groups is 2. The molecule has 0 fully saturated rings. The van der Waals surface area contributed by atoms with Gasteiger partial charge < -0.3 is 4.74 Å². The van der Waals surface area contributed by atoms with E-state index in [4.69, 9.17) is 0 Å². The number of hydrogen-bond donors (Lipinski definition) is 0.